The zero-order valence-corrected chi connectivity index (χ0v) is 16.8. The number of imidazole rings is 1. The van der Waals surface area contributed by atoms with E-state index in [0.29, 0.717) is 22.4 Å². The van der Waals surface area contributed by atoms with Crippen molar-refractivity contribution >= 4 is 22.7 Å². The topological polar surface area (TPSA) is 48.0 Å². The highest BCUT2D eigenvalue weighted by Crippen LogP contribution is 2.32. The number of aryl methyl sites for hydroxylation is 1. The van der Waals surface area contributed by atoms with Gasteiger partial charge >= 0.3 is 11.8 Å². The molecule has 0 bridgehead atoms. The number of alkyl halides is 3. The average Bonchev–Trinajstić information content (AvgIpc) is 3.07. The van der Waals surface area contributed by atoms with Gasteiger partial charge in [0.15, 0.2) is 5.16 Å². The van der Waals surface area contributed by atoms with Crippen molar-refractivity contribution in [3.8, 4) is 11.3 Å². The Kier molecular flexibility index (Phi) is 5.42. The highest BCUT2D eigenvalue weighted by atomic mass is 32.2. The van der Waals surface area contributed by atoms with Gasteiger partial charge < -0.3 is 8.98 Å². The van der Waals surface area contributed by atoms with E-state index >= 15 is 0 Å². The predicted octanol–water partition coefficient (Wildman–Crippen LogP) is 5.82. The number of nitrogens with zero attached hydrogens (tertiary/aromatic N) is 2. The third kappa shape index (κ3) is 4.43. The van der Waals surface area contributed by atoms with Crippen LogP contribution in [0.1, 0.15) is 11.1 Å². The van der Waals surface area contributed by atoms with Crippen molar-refractivity contribution in [3.63, 3.8) is 0 Å². The van der Waals surface area contributed by atoms with Gasteiger partial charge in [-0.2, -0.15) is 13.2 Å². The number of hydrogen-bond acceptors (Lipinski definition) is 4. The minimum atomic E-state index is -4.39. The Morgan fingerprint density at radius 3 is 2.60 bits per heavy atom. The van der Waals surface area contributed by atoms with Crippen LogP contribution in [0.4, 0.5) is 13.2 Å². The molecule has 4 rings (SSSR count). The van der Waals surface area contributed by atoms with Crippen LogP contribution in [-0.2, 0) is 12.3 Å². The molecular formula is C22H17F3N2O2S. The quantitative estimate of drug-likeness (QED) is 0.296. The normalized spacial score (nSPS) is 11.9. The Morgan fingerprint density at radius 1 is 1.10 bits per heavy atom. The summed E-state index contributed by atoms with van der Waals surface area (Å²) in [5, 5.41) is 0.990. The molecule has 2 aromatic carbocycles. The first-order chi connectivity index (χ1) is 14.3. The number of benzene rings is 2. The molecule has 8 heteroatoms. The second-order valence-corrected chi connectivity index (χ2v) is 7.81. The Bertz CT molecular complexity index is 1250. The van der Waals surface area contributed by atoms with Gasteiger partial charge in [0.05, 0.1) is 11.9 Å². The van der Waals surface area contributed by atoms with Crippen LogP contribution in [-0.4, -0.2) is 15.7 Å². The summed E-state index contributed by atoms with van der Waals surface area (Å²) in [6.45, 7) is 0.746. The lowest BCUT2D eigenvalue weighted by atomic mass is 10.1. The second-order valence-electron chi connectivity index (χ2n) is 6.87. The predicted molar refractivity (Wildman–Crippen MR) is 111 cm³/mol. The SMILES string of the molecule is Cc1ccc2c(CSc3ncc(-c4ccccc4)n3CC(F)(F)F)cc(=O)oc2c1. The number of halogens is 3. The summed E-state index contributed by atoms with van der Waals surface area (Å²) in [4.78, 5) is 16.2. The summed E-state index contributed by atoms with van der Waals surface area (Å²) in [6, 6.07) is 15.7. The van der Waals surface area contributed by atoms with E-state index in [-0.39, 0.29) is 10.9 Å². The molecule has 0 fully saturated rings. The van der Waals surface area contributed by atoms with Crippen molar-refractivity contribution in [1.82, 2.24) is 9.55 Å². The van der Waals surface area contributed by atoms with Crippen molar-refractivity contribution < 1.29 is 17.6 Å². The maximum absolute atomic E-state index is 13.2. The van der Waals surface area contributed by atoms with Gasteiger partial charge in [0.1, 0.15) is 12.1 Å². The number of fused-ring (bicyclic) bond motifs is 1. The monoisotopic (exact) mass is 430 g/mol. The van der Waals surface area contributed by atoms with E-state index in [2.05, 4.69) is 4.98 Å². The van der Waals surface area contributed by atoms with Crippen molar-refractivity contribution in [2.45, 2.75) is 30.6 Å². The molecule has 0 N–H and O–H groups in total. The van der Waals surface area contributed by atoms with Crippen molar-refractivity contribution in [2.24, 2.45) is 0 Å². The number of rotatable bonds is 5. The minimum absolute atomic E-state index is 0.236. The lowest BCUT2D eigenvalue weighted by Crippen LogP contribution is -2.19. The Labute approximate surface area is 174 Å². The first kappa shape index (κ1) is 20.3. The molecule has 154 valence electrons. The molecule has 0 aliphatic rings. The summed E-state index contributed by atoms with van der Waals surface area (Å²) >= 11 is 1.16. The highest BCUT2D eigenvalue weighted by molar-refractivity contribution is 7.98. The fourth-order valence-electron chi connectivity index (χ4n) is 3.24. The molecular weight excluding hydrogens is 413 g/mol. The van der Waals surface area contributed by atoms with Crippen LogP contribution in [0.25, 0.3) is 22.2 Å². The Balaban J connectivity index is 1.70. The van der Waals surface area contributed by atoms with Crippen LogP contribution in [0.5, 0.6) is 0 Å². The molecule has 2 aromatic heterocycles. The molecule has 2 heterocycles. The van der Waals surface area contributed by atoms with E-state index in [1.807, 2.05) is 19.1 Å². The molecule has 0 aliphatic carbocycles. The molecule has 0 aliphatic heterocycles. The highest BCUT2D eigenvalue weighted by Gasteiger charge is 2.30. The molecule has 0 radical (unpaired) electrons. The van der Waals surface area contributed by atoms with E-state index in [9.17, 15) is 18.0 Å². The molecule has 4 nitrogen and oxygen atoms in total. The van der Waals surface area contributed by atoms with Crippen LogP contribution < -0.4 is 5.63 Å². The van der Waals surface area contributed by atoms with Gasteiger partial charge in [-0.25, -0.2) is 9.78 Å². The van der Waals surface area contributed by atoms with E-state index in [1.54, 1.807) is 36.4 Å². The number of aromatic nitrogens is 2. The van der Waals surface area contributed by atoms with Gasteiger partial charge in [-0.05, 0) is 29.7 Å². The third-order valence-electron chi connectivity index (χ3n) is 4.57. The zero-order chi connectivity index (χ0) is 21.3. The smallest absolute Gasteiger partial charge is 0.406 e. The van der Waals surface area contributed by atoms with Crippen LogP contribution in [0.2, 0.25) is 0 Å². The number of hydrogen-bond donors (Lipinski definition) is 0. The van der Waals surface area contributed by atoms with E-state index in [0.717, 1.165) is 27.3 Å². The van der Waals surface area contributed by atoms with Gasteiger partial charge in [0.2, 0.25) is 0 Å². The lowest BCUT2D eigenvalue weighted by Gasteiger charge is -2.14. The zero-order valence-electron chi connectivity index (χ0n) is 15.9. The van der Waals surface area contributed by atoms with Gasteiger partial charge in [-0.1, -0.05) is 54.2 Å². The molecule has 0 atom stereocenters. The molecule has 0 amide bonds. The largest absolute Gasteiger partial charge is 0.423 e. The van der Waals surface area contributed by atoms with Crippen LogP contribution in [0, 0.1) is 6.92 Å². The summed E-state index contributed by atoms with van der Waals surface area (Å²) in [5.41, 5.74) is 2.65. The molecule has 0 spiro atoms. The Hall–Kier alpha value is -3.00. The maximum atomic E-state index is 13.2. The molecule has 0 unspecified atom stereocenters. The molecule has 0 saturated carbocycles. The third-order valence-corrected chi connectivity index (χ3v) is 5.61. The molecule has 30 heavy (non-hydrogen) atoms. The van der Waals surface area contributed by atoms with Crippen LogP contribution in [0.15, 0.2) is 75.2 Å². The van der Waals surface area contributed by atoms with Gasteiger partial charge in [-0.15, -0.1) is 0 Å². The van der Waals surface area contributed by atoms with Crippen LogP contribution >= 0.6 is 11.8 Å². The summed E-state index contributed by atoms with van der Waals surface area (Å²) in [7, 11) is 0. The van der Waals surface area contributed by atoms with Crippen molar-refractivity contribution in [2.75, 3.05) is 0 Å². The average molecular weight is 430 g/mol. The number of thioether (sulfide) groups is 1. The first-order valence-corrected chi connectivity index (χ1v) is 10.1. The summed E-state index contributed by atoms with van der Waals surface area (Å²) in [6.07, 6.45) is -2.94. The van der Waals surface area contributed by atoms with Crippen molar-refractivity contribution in [1.29, 1.82) is 0 Å². The van der Waals surface area contributed by atoms with E-state index < -0.39 is 18.3 Å². The van der Waals surface area contributed by atoms with Gasteiger partial charge in [0.25, 0.3) is 0 Å². The lowest BCUT2D eigenvalue weighted by molar-refractivity contribution is -0.141. The minimum Gasteiger partial charge on any atom is -0.423 e. The van der Waals surface area contributed by atoms with E-state index in [4.69, 9.17) is 4.42 Å². The maximum Gasteiger partial charge on any atom is 0.406 e. The van der Waals surface area contributed by atoms with Gasteiger partial charge in [-0.3, -0.25) is 0 Å². The Morgan fingerprint density at radius 2 is 1.87 bits per heavy atom. The molecule has 0 saturated heterocycles. The summed E-state index contributed by atoms with van der Waals surface area (Å²) < 4.78 is 46.2. The summed E-state index contributed by atoms with van der Waals surface area (Å²) in [5.74, 6) is 0.286. The fraction of sp³-hybridized carbons (Fsp3) is 0.182. The first-order valence-electron chi connectivity index (χ1n) is 9.14. The standard InChI is InChI=1S/C22H17F3N2O2S/c1-14-7-8-17-16(10-20(28)29-19(17)9-14)12-30-21-26-11-18(15-5-3-2-4-6-15)27(21)13-22(23,24)25/h2-11H,12-13H2,1H3. The van der Waals surface area contributed by atoms with Gasteiger partial charge in [0, 0.05) is 17.2 Å². The fourth-order valence-corrected chi connectivity index (χ4v) is 4.21. The van der Waals surface area contributed by atoms with E-state index in [1.165, 1.54) is 12.3 Å². The van der Waals surface area contributed by atoms with Crippen LogP contribution in [0.3, 0.4) is 0 Å². The molecule has 4 aromatic rings. The van der Waals surface area contributed by atoms with Crippen molar-refractivity contribution in [3.05, 3.63) is 82.3 Å². The second kappa shape index (κ2) is 8.02.